The third kappa shape index (κ3) is 5.90. The molecule has 7 nitrogen and oxygen atoms in total. The normalized spacial score (nSPS) is 14.7. The Kier molecular flexibility index (Phi) is 8.08. The number of carbonyl (C=O) groups is 1. The van der Waals surface area contributed by atoms with Crippen LogP contribution >= 0.6 is 12.2 Å². The number of aromatic amines is 1. The van der Waals surface area contributed by atoms with Gasteiger partial charge >= 0.3 is 0 Å². The van der Waals surface area contributed by atoms with Crippen LogP contribution in [-0.2, 0) is 17.9 Å². The summed E-state index contributed by atoms with van der Waals surface area (Å²) in [4.78, 5) is 17.1. The third-order valence-corrected chi connectivity index (χ3v) is 6.34. The minimum Gasteiger partial charge on any atom is -0.494 e. The summed E-state index contributed by atoms with van der Waals surface area (Å²) >= 11 is 5.42. The first-order valence-corrected chi connectivity index (χ1v) is 12.1. The summed E-state index contributed by atoms with van der Waals surface area (Å²) in [6.45, 7) is 6.47. The Morgan fingerprint density at radius 3 is 2.68 bits per heavy atom. The van der Waals surface area contributed by atoms with Crippen LogP contribution < -0.4 is 4.74 Å². The molecular weight excluding hydrogens is 453 g/mol. The van der Waals surface area contributed by atoms with Gasteiger partial charge in [-0.05, 0) is 55.9 Å². The van der Waals surface area contributed by atoms with E-state index >= 15 is 0 Å². The second kappa shape index (κ2) is 11.4. The predicted molar refractivity (Wildman–Crippen MR) is 132 cm³/mol. The van der Waals surface area contributed by atoms with Crippen molar-refractivity contribution in [2.45, 2.75) is 32.9 Å². The summed E-state index contributed by atoms with van der Waals surface area (Å²) in [5, 5.41) is 7.21. The molecule has 0 unspecified atom stereocenters. The molecule has 2 aromatic carbocycles. The van der Waals surface area contributed by atoms with Gasteiger partial charge in [0.2, 0.25) is 5.91 Å². The summed E-state index contributed by atoms with van der Waals surface area (Å²) in [6.07, 6.45) is 1.20. The molecule has 1 aliphatic rings. The Balaban J connectivity index is 1.35. The number of ether oxygens (including phenoxy) is 1. The second-order valence-corrected chi connectivity index (χ2v) is 8.70. The molecule has 1 amide bonds. The molecule has 0 spiro atoms. The van der Waals surface area contributed by atoms with Gasteiger partial charge in [-0.2, -0.15) is 5.10 Å². The Hall–Kier alpha value is -3.04. The molecular formula is C25H30FN5O2S. The SMILES string of the molecule is CCOc1ccc(-c2n[nH]c(=S)n2CCC(=O)N2CCCN(Cc3ccccc3F)CC2)cc1. The molecule has 1 aliphatic heterocycles. The van der Waals surface area contributed by atoms with Gasteiger partial charge in [-0.3, -0.25) is 19.4 Å². The predicted octanol–water partition coefficient (Wildman–Crippen LogP) is 4.27. The Morgan fingerprint density at radius 1 is 1.12 bits per heavy atom. The topological polar surface area (TPSA) is 66.4 Å². The number of nitrogens with one attached hydrogen (secondary N) is 1. The van der Waals surface area contributed by atoms with Crippen molar-refractivity contribution in [2.75, 3.05) is 32.8 Å². The quantitative estimate of drug-likeness (QED) is 0.485. The lowest BCUT2D eigenvalue weighted by Crippen LogP contribution is -2.35. The highest BCUT2D eigenvalue weighted by atomic mass is 32.1. The van der Waals surface area contributed by atoms with Crippen LogP contribution in [0, 0.1) is 10.6 Å². The highest BCUT2D eigenvalue weighted by Gasteiger charge is 2.20. The molecule has 0 radical (unpaired) electrons. The zero-order valence-electron chi connectivity index (χ0n) is 19.4. The summed E-state index contributed by atoms with van der Waals surface area (Å²) < 4.78 is 21.9. The number of benzene rings is 2. The average molecular weight is 484 g/mol. The first-order chi connectivity index (χ1) is 16.5. The Morgan fingerprint density at radius 2 is 1.91 bits per heavy atom. The molecule has 9 heteroatoms. The lowest BCUT2D eigenvalue weighted by atomic mass is 10.2. The van der Waals surface area contributed by atoms with Crippen LogP contribution in [0.4, 0.5) is 4.39 Å². The van der Waals surface area contributed by atoms with E-state index in [1.165, 1.54) is 6.07 Å². The van der Waals surface area contributed by atoms with Crippen molar-refractivity contribution in [2.24, 2.45) is 0 Å². The van der Waals surface area contributed by atoms with E-state index < -0.39 is 0 Å². The van der Waals surface area contributed by atoms with Crippen molar-refractivity contribution in [1.29, 1.82) is 0 Å². The van der Waals surface area contributed by atoms with Crippen LogP contribution in [0.15, 0.2) is 48.5 Å². The van der Waals surface area contributed by atoms with E-state index in [0.29, 0.717) is 55.4 Å². The van der Waals surface area contributed by atoms with Crippen LogP contribution in [0.3, 0.4) is 0 Å². The molecule has 1 saturated heterocycles. The molecule has 1 aromatic heterocycles. The first-order valence-electron chi connectivity index (χ1n) is 11.7. The molecule has 0 aliphatic carbocycles. The number of amides is 1. The molecule has 3 aromatic rings. The number of aromatic nitrogens is 3. The maximum absolute atomic E-state index is 14.0. The van der Waals surface area contributed by atoms with E-state index in [1.54, 1.807) is 6.07 Å². The standard InChI is InChI=1S/C25H30FN5O2S/c1-2-33-21-10-8-19(9-11-21)24-27-28-25(34)31(24)15-12-23(32)30-14-5-13-29(16-17-30)18-20-6-3-4-7-22(20)26/h3-4,6-11H,2,5,12-18H2,1H3,(H,28,34). The monoisotopic (exact) mass is 483 g/mol. The van der Waals surface area contributed by atoms with Crippen molar-refractivity contribution < 1.29 is 13.9 Å². The first kappa shape index (κ1) is 24.1. The van der Waals surface area contributed by atoms with Crippen molar-refractivity contribution >= 4 is 18.1 Å². The minimum atomic E-state index is -0.181. The summed E-state index contributed by atoms with van der Waals surface area (Å²) in [7, 11) is 0. The van der Waals surface area contributed by atoms with Crippen LogP contribution in [-0.4, -0.2) is 63.3 Å². The maximum atomic E-state index is 14.0. The van der Waals surface area contributed by atoms with Gasteiger partial charge in [0.05, 0.1) is 6.61 Å². The van der Waals surface area contributed by atoms with Crippen LogP contribution in [0.2, 0.25) is 0 Å². The van der Waals surface area contributed by atoms with Gasteiger partial charge in [0.25, 0.3) is 0 Å². The van der Waals surface area contributed by atoms with E-state index in [1.807, 2.05) is 52.8 Å². The third-order valence-electron chi connectivity index (χ3n) is 6.02. The largest absolute Gasteiger partial charge is 0.494 e. The summed E-state index contributed by atoms with van der Waals surface area (Å²) in [5.74, 6) is 1.41. The van der Waals surface area contributed by atoms with E-state index in [4.69, 9.17) is 17.0 Å². The number of halogens is 1. The van der Waals surface area contributed by atoms with Gasteiger partial charge in [-0.15, -0.1) is 0 Å². The number of hydrogen-bond donors (Lipinski definition) is 1. The van der Waals surface area contributed by atoms with Gasteiger partial charge in [0, 0.05) is 56.8 Å². The van der Waals surface area contributed by atoms with E-state index in [0.717, 1.165) is 30.8 Å². The number of rotatable bonds is 8. The molecule has 0 atom stereocenters. The molecule has 1 N–H and O–H groups in total. The summed E-state index contributed by atoms with van der Waals surface area (Å²) in [6, 6.07) is 14.5. The highest BCUT2D eigenvalue weighted by molar-refractivity contribution is 7.71. The fourth-order valence-corrected chi connectivity index (χ4v) is 4.45. The van der Waals surface area contributed by atoms with Gasteiger partial charge in [-0.1, -0.05) is 18.2 Å². The molecule has 180 valence electrons. The van der Waals surface area contributed by atoms with Crippen molar-refractivity contribution in [3.8, 4) is 17.1 Å². The lowest BCUT2D eigenvalue weighted by molar-refractivity contribution is -0.131. The molecule has 2 heterocycles. The highest BCUT2D eigenvalue weighted by Crippen LogP contribution is 2.22. The van der Waals surface area contributed by atoms with Gasteiger partial charge in [0.15, 0.2) is 10.6 Å². The molecule has 34 heavy (non-hydrogen) atoms. The fourth-order valence-electron chi connectivity index (χ4n) is 4.22. The van der Waals surface area contributed by atoms with Crippen molar-refractivity contribution in [1.82, 2.24) is 24.6 Å². The maximum Gasteiger partial charge on any atom is 0.224 e. The fraction of sp³-hybridized carbons (Fsp3) is 0.400. The van der Waals surface area contributed by atoms with Crippen LogP contribution in [0.5, 0.6) is 5.75 Å². The van der Waals surface area contributed by atoms with Gasteiger partial charge < -0.3 is 9.64 Å². The lowest BCUT2D eigenvalue weighted by Gasteiger charge is -2.22. The van der Waals surface area contributed by atoms with Gasteiger partial charge in [-0.25, -0.2) is 4.39 Å². The van der Waals surface area contributed by atoms with Crippen LogP contribution in [0.1, 0.15) is 25.3 Å². The molecule has 1 fully saturated rings. The molecule has 4 rings (SSSR count). The second-order valence-electron chi connectivity index (χ2n) is 8.31. The van der Waals surface area contributed by atoms with E-state index in [2.05, 4.69) is 15.1 Å². The van der Waals surface area contributed by atoms with E-state index in [-0.39, 0.29) is 11.7 Å². The Bertz CT molecular complexity index is 1160. The summed E-state index contributed by atoms with van der Waals surface area (Å²) in [5.41, 5.74) is 1.60. The average Bonchev–Trinajstić information content (AvgIpc) is 3.05. The molecule has 0 saturated carbocycles. The van der Waals surface area contributed by atoms with Crippen molar-refractivity contribution in [3.63, 3.8) is 0 Å². The number of hydrogen-bond acceptors (Lipinski definition) is 5. The Labute approximate surface area is 204 Å². The number of nitrogens with zero attached hydrogens (tertiary/aromatic N) is 4. The zero-order valence-corrected chi connectivity index (χ0v) is 20.2. The minimum absolute atomic E-state index is 0.0912. The zero-order chi connectivity index (χ0) is 23.9. The van der Waals surface area contributed by atoms with Crippen molar-refractivity contribution in [3.05, 3.63) is 64.7 Å². The molecule has 0 bridgehead atoms. The van der Waals surface area contributed by atoms with E-state index in [9.17, 15) is 9.18 Å². The van der Waals surface area contributed by atoms with Gasteiger partial charge in [0.1, 0.15) is 11.6 Å². The smallest absolute Gasteiger partial charge is 0.224 e. The van der Waals surface area contributed by atoms with Crippen LogP contribution in [0.25, 0.3) is 11.4 Å². The number of carbonyl (C=O) groups excluding carboxylic acids is 1. The number of H-pyrrole nitrogens is 1.